The topological polar surface area (TPSA) is 28.7 Å². The van der Waals surface area contributed by atoms with Crippen molar-refractivity contribution in [3.8, 4) is 6.07 Å². The smallest absolute Gasteiger partial charge is 0.0998 e. The molecule has 0 N–H and O–H groups in total. The van der Waals surface area contributed by atoms with Crippen LogP contribution in [0, 0.1) is 11.3 Å². The van der Waals surface area contributed by atoms with E-state index in [4.69, 9.17) is 5.26 Å². The summed E-state index contributed by atoms with van der Waals surface area (Å²) < 4.78 is 2.07. The number of rotatable bonds is 2. The standard InChI is InChI=1S/C12H10N2/c1-2-7-14-8-6-11-10(9-13)4-3-5-12(11)14/h2-6,8H,1,7H2. The van der Waals surface area contributed by atoms with Gasteiger partial charge >= 0.3 is 0 Å². The first-order chi connectivity index (χ1) is 6.86. The van der Waals surface area contributed by atoms with Gasteiger partial charge in [0.15, 0.2) is 0 Å². The van der Waals surface area contributed by atoms with E-state index in [-0.39, 0.29) is 0 Å². The Morgan fingerprint density at radius 2 is 2.29 bits per heavy atom. The van der Waals surface area contributed by atoms with Gasteiger partial charge in [0.1, 0.15) is 0 Å². The lowest BCUT2D eigenvalue weighted by Crippen LogP contribution is -1.91. The van der Waals surface area contributed by atoms with E-state index in [0.717, 1.165) is 23.0 Å². The van der Waals surface area contributed by atoms with Crippen molar-refractivity contribution < 1.29 is 0 Å². The number of nitriles is 1. The van der Waals surface area contributed by atoms with Crippen molar-refractivity contribution in [2.75, 3.05) is 0 Å². The van der Waals surface area contributed by atoms with Gasteiger partial charge in [-0.25, -0.2) is 0 Å². The molecule has 14 heavy (non-hydrogen) atoms. The minimum atomic E-state index is 0.727. The molecular formula is C12H10N2. The summed E-state index contributed by atoms with van der Waals surface area (Å²) in [4.78, 5) is 0. The largest absolute Gasteiger partial charge is 0.344 e. The minimum absolute atomic E-state index is 0.727. The first-order valence-electron chi connectivity index (χ1n) is 4.45. The fraction of sp³-hybridized carbons (Fsp3) is 0.0833. The second kappa shape index (κ2) is 3.39. The van der Waals surface area contributed by atoms with Gasteiger partial charge in [-0.15, -0.1) is 6.58 Å². The number of allylic oxidation sites excluding steroid dienone is 1. The van der Waals surface area contributed by atoms with Crippen molar-refractivity contribution in [1.82, 2.24) is 4.57 Å². The SMILES string of the molecule is C=CCn1ccc2c(C#N)cccc21. The van der Waals surface area contributed by atoms with Gasteiger partial charge in [0.2, 0.25) is 0 Å². The van der Waals surface area contributed by atoms with E-state index in [9.17, 15) is 0 Å². The average Bonchev–Trinajstić information content (AvgIpc) is 2.62. The minimum Gasteiger partial charge on any atom is -0.344 e. The quantitative estimate of drug-likeness (QED) is 0.656. The van der Waals surface area contributed by atoms with E-state index >= 15 is 0 Å². The summed E-state index contributed by atoms with van der Waals surface area (Å²) in [7, 11) is 0. The number of aromatic nitrogens is 1. The maximum Gasteiger partial charge on any atom is 0.0998 e. The summed E-state index contributed by atoms with van der Waals surface area (Å²) in [6.07, 6.45) is 3.83. The van der Waals surface area contributed by atoms with E-state index < -0.39 is 0 Å². The highest BCUT2D eigenvalue weighted by Crippen LogP contribution is 2.19. The molecule has 0 aliphatic rings. The Hall–Kier alpha value is -2.01. The van der Waals surface area contributed by atoms with Crippen LogP contribution >= 0.6 is 0 Å². The lowest BCUT2D eigenvalue weighted by Gasteiger charge is -2.00. The Bertz CT molecular complexity index is 515. The molecule has 68 valence electrons. The fourth-order valence-electron chi connectivity index (χ4n) is 1.62. The molecule has 1 heterocycles. The molecule has 0 aliphatic heterocycles. The van der Waals surface area contributed by atoms with E-state index in [0.29, 0.717) is 0 Å². The number of nitrogens with zero attached hydrogens (tertiary/aromatic N) is 2. The van der Waals surface area contributed by atoms with Crippen LogP contribution in [0.3, 0.4) is 0 Å². The molecule has 0 saturated carbocycles. The number of fused-ring (bicyclic) bond motifs is 1. The van der Waals surface area contributed by atoms with Crippen LogP contribution in [0.4, 0.5) is 0 Å². The van der Waals surface area contributed by atoms with Crippen molar-refractivity contribution in [3.05, 3.63) is 48.7 Å². The third kappa shape index (κ3) is 1.20. The van der Waals surface area contributed by atoms with Crippen LogP contribution in [-0.2, 0) is 6.54 Å². The van der Waals surface area contributed by atoms with Crippen LogP contribution in [0.25, 0.3) is 10.9 Å². The number of hydrogen-bond acceptors (Lipinski definition) is 1. The van der Waals surface area contributed by atoms with Gasteiger partial charge in [0.25, 0.3) is 0 Å². The monoisotopic (exact) mass is 182 g/mol. The highest BCUT2D eigenvalue weighted by molar-refractivity contribution is 5.85. The van der Waals surface area contributed by atoms with Crippen LogP contribution in [0.15, 0.2) is 43.1 Å². The molecule has 1 aromatic carbocycles. The highest BCUT2D eigenvalue weighted by atomic mass is 14.9. The number of benzene rings is 1. The van der Waals surface area contributed by atoms with Crippen molar-refractivity contribution in [2.24, 2.45) is 0 Å². The first kappa shape index (κ1) is 8.58. The molecule has 1 aromatic heterocycles. The zero-order valence-electron chi connectivity index (χ0n) is 7.77. The summed E-state index contributed by atoms with van der Waals surface area (Å²) >= 11 is 0. The van der Waals surface area contributed by atoms with Crippen LogP contribution in [0.2, 0.25) is 0 Å². The zero-order chi connectivity index (χ0) is 9.97. The predicted molar refractivity (Wildman–Crippen MR) is 56.9 cm³/mol. The van der Waals surface area contributed by atoms with Crippen molar-refractivity contribution in [2.45, 2.75) is 6.54 Å². The highest BCUT2D eigenvalue weighted by Gasteiger charge is 2.02. The molecule has 0 radical (unpaired) electrons. The Labute approximate surface area is 82.7 Å². The van der Waals surface area contributed by atoms with E-state index in [2.05, 4.69) is 17.2 Å². The van der Waals surface area contributed by atoms with Crippen molar-refractivity contribution >= 4 is 10.9 Å². The maximum absolute atomic E-state index is 8.90. The molecule has 2 nitrogen and oxygen atoms in total. The Kier molecular flexibility index (Phi) is 2.08. The molecule has 0 bridgehead atoms. The third-order valence-corrected chi connectivity index (χ3v) is 2.26. The van der Waals surface area contributed by atoms with Crippen LogP contribution in [-0.4, -0.2) is 4.57 Å². The van der Waals surface area contributed by atoms with Crippen LogP contribution < -0.4 is 0 Å². The predicted octanol–water partition coefficient (Wildman–Crippen LogP) is 2.70. The van der Waals surface area contributed by atoms with Crippen LogP contribution in [0.1, 0.15) is 5.56 Å². The summed E-state index contributed by atoms with van der Waals surface area (Å²) in [5.74, 6) is 0. The molecule has 0 unspecified atom stereocenters. The number of hydrogen-bond donors (Lipinski definition) is 0. The second-order valence-electron chi connectivity index (χ2n) is 3.11. The Morgan fingerprint density at radius 3 is 3.00 bits per heavy atom. The molecule has 0 amide bonds. The summed E-state index contributed by atoms with van der Waals surface area (Å²) in [5, 5.41) is 9.91. The maximum atomic E-state index is 8.90. The zero-order valence-corrected chi connectivity index (χ0v) is 7.77. The molecule has 0 saturated heterocycles. The summed E-state index contributed by atoms with van der Waals surface area (Å²) in [5.41, 5.74) is 1.81. The first-order valence-corrected chi connectivity index (χ1v) is 4.45. The normalized spacial score (nSPS) is 9.93. The van der Waals surface area contributed by atoms with Gasteiger partial charge in [-0.3, -0.25) is 0 Å². The molecule has 0 aliphatic carbocycles. The average molecular weight is 182 g/mol. The Morgan fingerprint density at radius 1 is 1.43 bits per heavy atom. The molecule has 0 fully saturated rings. The summed E-state index contributed by atoms with van der Waals surface area (Å²) in [6, 6.07) is 9.91. The second-order valence-corrected chi connectivity index (χ2v) is 3.11. The van der Waals surface area contributed by atoms with E-state index in [1.54, 1.807) is 0 Å². The third-order valence-electron chi connectivity index (χ3n) is 2.26. The van der Waals surface area contributed by atoms with Crippen molar-refractivity contribution in [3.63, 3.8) is 0 Å². The fourth-order valence-corrected chi connectivity index (χ4v) is 1.62. The van der Waals surface area contributed by atoms with E-state index in [1.165, 1.54) is 0 Å². The van der Waals surface area contributed by atoms with Gasteiger partial charge < -0.3 is 4.57 Å². The van der Waals surface area contributed by atoms with Gasteiger partial charge in [-0.2, -0.15) is 5.26 Å². The molecular weight excluding hydrogens is 172 g/mol. The summed E-state index contributed by atoms with van der Waals surface area (Å²) in [6.45, 7) is 4.48. The molecule has 2 rings (SSSR count). The van der Waals surface area contributed by atoms with Gasteiger partial charge in [-0.1, -0.05) is 12.1 Å². The van der Waals surface area contributed by atoms with E-state index in [1.807, 2.05) is 36.5 Å². The van der Waals surface area contributed by atoms with Crippen LogP contribution in [0.5, 0.6) is 0 Å². The van der Waals surface area contributed by atoms with Crippen molar-refractivity contribution in [1.29, 1.82) is 5.26 Å². The lowest BCUT2D eigenvalue weighted by atomic mass is 10.1. The van der Waals surface area contributed by atoms with Gasteiger partial charge in [-0.05, 0) is 18.2 Å². The molecule has 2 aromatic rings. The van der Waals surface area contributed by atoms with Gasteiger partial charge in [0.05, 0.1) is 11.6 Å². The Balaban J connectivity index is 2.70. The van der Waals surface area contributed by atoms with Gasteiger partial charge in [0, 0.05) is 23.6 Å². The molecule has 0 atom stereocenters. The molecule has 0 spiro atoms. The molecule has 2 heteroatoms. The lowest BCUT2D eigenvalue weighted by molar-refractivity contribution is 0.865.